The standard InChI is InChI=1S/C17H23NO2/c19-13-7-12-16(14-8-3-1-4-9-14)18-17(20)15-10-5-2-6-11-15/h1-5,8-9,15-16,19H,6-7,10-13H2,(H,18,20). The highest BCUT2D eigenvalue weighted by Crippen LogP contribution is 2.22. The third-order valence-electron chi connectivity index (χ3n) is 3.81. The first kappa shape index (κ1) is 14.8. The van der Waals surface area contributed by atoms with E-state index in [1.54, 1.807) is 0 Å². The molecule has 1 aromatic carbocycles. The fourth-order valence-corrected chi connectivity index (χ4v) is 2.62. The fraction of sp³-hybridized carbons (Fsp3) is 0.471. The highest BCUT2D eigenvalue weighted by molar-refractivity contribution is 5.79. The second-order valence-corrected chi connectivity index (χ2v) is 5.32. The van der Waals surface area contributed by atoms with Crippen LogP contribution < -0.4 is 5.32 Å². The van der Waals surface area contributed by atoms with Crippen LogP contribution >= 0.6 is 0 Å². The molecule has 1 amide bonds. The van der Waals surface area contributed by atoms with Crippen molar-refractivity contribution in [2.45, 2.75) is 38.1 Å². The molecule has 108 valence electrons. The highest BCUT2D eigenvalue weighted by Gasteiger charge is 2.22. The third-order valence-corrected chi connectivity index (χ3v) is 3.81. The van der Waals surface area contributed by atoms with Gasteiger partial charge in [0.25, 0.3) is 0 Å². The van der Waals surface area contributed by atoms with E-state index in [2.05, 4.69) is 17.5 Å². The molecule has 3 heteroatoms. The number of carbonyl (C=O) groups excluding carboxylic acids is 1. The number of nitrogens with one attached hydrogen (secondary N) is 1. The lowest BCUT2D eigenvalue weighted by atomic mass is 9.92. The van der Waals surface area contributed by atoms with Crippen LogP contribution in [-0.2, 0) is 4.79 Å². The van der Waals surface area contributed by atoms with Gasteiger partial charge in [0.2, 0.25) is 5.91 Å². The van der Waals surface area contributed by atoms with Gasteiger partial charge in [-0.2, -0.15) is 0 Å². The van der Waals surface area contributed by atoms with E-state index in [9.17, 15) is 4.79 Å². The van der Waals surface area contributed by atoms with Gasteiger partial charge in [-0.05, 0) is 37.7 Å². The SMILES string of the molecule is O=C(NC(CCCO)c1ccccc1)C1CC=CCC1. The predicted octanol–water partition coefficient (Wildman–Crippen LogP) is 2.97. The van der Waals surface area contributed by atoms with Gasteiger partial charge < -0.3 is 10.4 Å². The number of aliphatic hydroxyl groups is 1. The number of benzene rings is 1. The number of hydrogen-bond donors (Lipinski definition) is 2. The zero-order valence-corrected chi connectivity index (χ0v) is 11.8. The molecule has 1 aliphatic carbocycles. The van der Waals surface area contributed by atoms with E-state index in [1.807, 2.05) is 30.3 Å². The second kappa shape index (κ2) is 7.85. The molecule has 2 unspecified atom stereocenters. The molecule has 0 saturated heterocycles. The molecule has 3 nitrogen and oxygen atoms in total. The number of rotatable bonds is 6. The van der Waals surface area contributed by atoms with Gasteiger partial charge in [-0.25, -0.2) is 0 Å². The van der Waals surface area contributed by atoms with Gasteiger partial charge in [-0.1, -0.05) is 42.5 Å². The minimum Gasteiger partial charge on any atom is -0.396 e. The van der Waals surface area contributed by atoms with Crippen LogP contribution in [0.3, 0.4) is 0 Å². The first-order valence-corrected chi connectivity index (χ1v) is 7.42. The number of allylic oxidation sites excluding steroid dienone is 2. The van der Waals surface area contributed by atoms with Crippen LogP contribution in [0.5, 0.6) is 0 Å². The molecule has 2 rings (SSSR count). The summed E-state index contributed by atoms with van der Waals surface area (Å²) in [5.41, 5.74) is 1.11. The number of hydrogen-bond acceptors (Lipinski definition) is 2. The maximum atomic E-state index is 12.3. The van der Waals surface area contributed by atoms with Crippen molar-refractivity contribution in [3.05, 3.63) is 48.0 Å². The quantitative estimate of drug-likeness (QED) is 0.783. The summed E-state index contributed by atoms with van der Waals surface area (Å²) in [5.74, 6) is 0.237. The summed E-state index contributed by atoms with van der Waals surface area (Å²) in [6.45, 7) is 0.158. The smallest absolute Gasteiger partial charge is 0.223 e. The van der Waals surface area contributed by atoms with Crippen LogP contribution in [0.2, 0.25) is 0 Å². The Hall–Kier alpha value is -1.61. The molecule has 1 aliphatic rings. The molecule has 0 heterocycles. The highest BCUT2D eigenvalue weighted by atomic mass is 16.3. The Kier molecular flexibility index (Phi) is 5.81. The van der Waals surface area contributed by atoms with Crippen molar-refractivity contribution in [3.8, 4) is 0 Å². The van der Waals surface area contributed by atoms with Gasteiger partial charge in [0.05, 0.1) is 6.04 Å². The van der Waals surface area contributed by atoms with Crippen molar-refractivity contribution < 1.29 is 9.90 Å². The Labute approximate surface area is 120 Å². The number of aliphatic hydroxyl groups excluding tert-OH is 1. The Balaban J connectivity index is 2.00. The van der Waals surface area contributed by atoms with Crippen LogP contribution in [-0.4, -0.2) is 17.6 Å². The molecule has 0 fully saturated rings. The molecule has 0 bridgehead atoms. The molecule has 0 saturated carbocycles. The van der Waals surface area contributed by atoms with E-state index in [0.717, 1.165) is 31.2 Å². The van der Waals surface area contributed by atoms with Crippen molar-refractivity contribution in [1.29, 1.82) is 0 Å². The normalized spacial score (nSPS) is 19.6. The number of amides is 1. The van der Waals surface area contributed by atoms with Crippen molar-refractivity contribution >= 4 is 5.91 Å². The summed E-state index contributed by atoms with van der Waals surface area (Å²) in [6, 6.07) is 10.0. The zero-order chi connectivity index (χ0) is 14.2. The molecule has 0 spiro atoms. The Bertz CT molecular complexity index is 442. The molecule has 20 heavy (non-hydrogen) atoms. The Morgan fingerprint density at radius 2 is 2.10 bits per heavy atom. The van der Waals surface area contributed by atoms with Gasteiger partial charge in [-0.3, -0.25) is 4.79 Å². The van der Waals surface area contributed by atoms with Crippen molar-refractivity contribution in [2.75, 3.05) is 6.61 Å². The summed E-state index contributed by atoms with van der Waals surface area (Å²) < 4.78 is 0. The van der Waals surface area contributed by atoms with E-state index < -0.39 is 0 Å². The van der Waals surface area contributed by atoms with Gasteiger partial charge in [0.15, 0.2) is 0 Å². The molecule has 0 radical (unpaired) electrons. The number of carbonyl (C=O) groups is 1. The van der Waals surface area contributed by atoms with Crippen LogP contribution in [0.25, 0.3) is 0 Å². The molecule has 2 atom stereocenters. The summed E-state index contributed by atoms with van der Waals surface area (Å²) in [6.07, 6.45) is 8.48. The Morgan fingerprint density at radius 1 is 1.30 bits per heavy atom. The first-order chi connectivity index (χ1) is 9.81. The van der Waals surface area contributed by atoms with Crippen LogP contribution in [0.1, 0.15) is 43.7 Å². The van der Waals surface area contributed by atoms with Crippen molar-refractivity contribution in [2.24, 2.45) is 5.92 Å². The maximum Gasteiger partial charge on any atom is 0.223 e. The molecular formula is C17H23NO2. The van der Waals surface area contributed by atoms with Gasteiger partial charge in [0.1, 0.15) is 0 Å². The van der Waals surface area contributed by atoms with E-state index in [0.29, 0.717) is 6.42 Å². The van der Waals surface area contributed by atoms with E-state index in [-0.39, 0.29) is 24.5 Å². The first-order valence-electron chi connectivity index (χ1n) is 7.42. The minimum atomic E-state index is 0.00163. The van der Waals surface area contributed by atoms with E-state index >= 15 is 0 Å². The second-order valence-electron chi connectivity index (χ2n) is 5.32. The van der Waals surface area contributed by atoms with Gasteiger partial charge >= 0.3 is 0 Å². The summed E-state index contributed by atoms with van der Waals surface area (Å²) >= 11 is 0. The molecule has 0 aliphatic heterocycles. The van der Waals surface area contributed by atoms with Gasteiger partial charge in [0, 0.05) is 12.5 Å². The molecule has 1 aromatic rings. The fourth-order valence-electron chi connectivity index (χ4n) is 2.62. The van der Waals surface area contributed by atoms with Gasteiger partial charge in [-0.15, -0.1) is 0 Å². The summed E-state index contributed by atoms with van der Waals surface area (Å²) in [5, 5.41) is 12.2. The average Bonchev–Trinajstić information content (AvgIpc) is 2.53. The van der Waals surface area contributed by atoms with Crippen LogP contribution in [0.4, 0.5) is 0 Å². The summed E-state index contributed by atoms with van der Waals surface area (Å²) in [7, 11) is 0. The molecular weight excluding hydrogens is 250 g/mol. The topological polar surface area (TPSA) is 49.3 Å². The molecule has 2 N–H and O–H groups in total. The van der Waals surface area contributed by atoms with Crippen LogP contribution in [0.15, 0.2) is 42.5 Å². The predicted molar refractivity (Wildman–Crippen MR) is 80.1 cm³/mol. The van der Waals surface area contributed by atoms with Crippen LogP contribution in [0, 0.1) is 5.92 Å². The monoisotopic (exact) mass is 273 g/mol. The minimum absolute atomic E-state index is 0.00163. The lowest BCUT2D eigenvalue weighted by molar-refractivity contribution is -0.126. The summed E-state index contributed by atoms with van der Waals surface area (Å²) in [4.78, 5) is 12.3. The maximum absolute atomic E-state index is 12.3. The largest absolute Gasteiger partial charge is 0.396 e. The van der Waals surface area contributed by atoms with E-state index in [1.165, 1.54) is 0 Å². The van der Waals surface area contributed by atoms with Crippen molar-refractivity contribution in [3.63, 3.8) is 0 Å². The third kappa shape index (κ3) is 4.20. The Morgan fingerprint density at radius 3 is 2.75 bits per heavy atom. The van der Waals surface area contributed by atoms with E-state index in [4.69, 9.17) is 5.11 Å². The lowest BCUT2D eigenvalue weighted by Gasteiger charge is -2.23. The lowest BCUT2D eigenvalue weighted by Crippen LogP contribution is -2.34. The zero-order valence-electron chi connectivity index (χ0n) is 11.8. The van der Waals surface area contributed by atoms with Crippen molar-refractivity contribution in [1.82, 2.24) is 5.32 Å². The average molecular weight is 273 g/mol. The molecule has 0 aromatic heterocycles.